The molecule has 10 heteroatoms. The zero-order valence-electron chi connectivity index (χ0n) is 21.5. The molecule has 3 aromatic rings. The molecule has 10 nitrogen and oxygen atoms in total. The molecule has 2 heterocycles. The van der Waals surface area contributed by atoms with Crippen LogP contribution in [0.15, 0.2) is 65.4 Å². The van der Waals surface area contributed by atoms with E-state index in [-0.39, 0.29) is 17.3 Å². The van der Waals surface area contributed by atoms with E-state index in [2.05, 4.69) is 11.2 Å². The predicted octanol–water partition coefficient (Wildman–Crippen LogP) is 5.27. The molecule has 0 bridgehead atoms. The average molecular weight is 516 g/mol. The highest BCUT2D eigenvalue weighted by molar-refractivity contribution is 6.09. The summed E-state index contributed by atoms with van der Waals surface area (Å²) in [5, 5.41) is 22.2. The van der Waals surface area contributed by atoms with Gasteiger partial charge in [-0.1, -0.05) is 24.3 Å². The van der Waals surface area contributed by atoms with Gasteiger partial charge in [-0.25, -0.2) is 5.01 Å². The predicted molar refractivity (Wildman–Crippen MR) is 142 cm³/mol. The summed E-state index contributed by atoms with van der Waals surface area (Å²) >= 11 is 0. The van der Waals surface area contributed by atoms with Crippen molar-refractivity contribution in [3.05, 3.63) is 87.2 Å². The van der Waals surface area contributed by atoms with E-state index in [1.54, 1.807) is 14.2 Å². The lowest BCUT2D eigenvalue weighted by atomic mass is 9.77. The van der Waals surface area contributed by atoms with Crippen LogP contribution in [-0.2, 0) is 6.54 Å². The molecule has 0 radical (unpaired) electrons. The Hall–Kier alpha value is -4.47. The van der Waals surface area contributed by atoms with Crippen LogP contribution in [0.4, 0.5) is 5.69 Å². The number of aryl methyl sites for hydroxylation is 1. The van der Waals surface area contributed by atoms with Crippen LogP contribution in [0.25, 0.3) is 6.08 Å². The van der Waals surface area contributed by atoms with Crippen molar-refractivity contribution in [3.63, 3.8) is 0 Å². The Kier molecular flexibility index (Phi) is 6.95. The topological polar surface area (TPSA) is 112 Å². The molecule has 1 saturated carbocycles. The summed E-state index contributed by atoms with van der Waals surface area (Å²) in [4.78, 5) is 25.1. The summed E-state index contributed by atoms with van der Waals surface area (Å²) in [6, 6.07) is 14.9. The van der Waals surface area contributed by atoms with Crippen molar-refractivity contribution in [2.24, 2.45) is 11.0 Å². The van der Waals surface area contributed by atoms with Gasteiger partial charge in [0.1, 0.15) is 17.7 Å². The number of carbonyl (C=O) groups is 1. The van der Waals surface area contributed by atoms with Crippen molar-refractivity contribution >= 4 is 23.4 Å². The van der Waals surface area contributed by atoms with Crippen molar-refractivity contribution in [1.82, 2.24) is 14.8 Å². The third-order valence-electron chi connectivity index (χ3n) is 7.09. The lowest BCUT2D eigenvalue weighted by Gasteiger charge is -2.29. The third kappa shape index (κ3) is 4.65. The normalized spacial score (nSPS) is 19.7. The molecule has 1 fully saturated rings. The molecule has 1 aromatic heterocycles. The molecule has 2 atom stereocenters. The Morgan fingerprint density at radius 1 is 1.11 bits per heavy atom. The lowest BCUT2D eigenvalue weighted by Crippen LogP contribution is -2.32. The number of hydrogen-bond acceptors (Lipinski definition) is 7. The number of rotatable bonds is 7. The number of nitro groups is 1. The molecule has 1 amide bonds. The number of aromatic nitrogens is 2. The number of methoxy groups -OCH3 is 2. The monoisotopic (exact) mass is 515 g/mol. The van der Waals surface area contributed by atoms with E-state index in [0.717, 1.165) is 47.4 Å². The van der Waals surface area contributed by atoms with Gasteiger partial charge in [-0.3, -0.25) is 19.6 Å². The molecule has 0 spiro atoms. The van der Waals surface area contributed by atoms with E-state index < -0.39 is 16.9 Å². The van der Waals surface area contributed by atoms with Gasteiger partial charge in [0.25, 0.3) is 0 Å². The summed E-state index contributed by atoms with van der Waals surface area (Å²) in [7, 11) is 3.23. The first-order valence-corrected chi connectivity index (χ1v) is 12.6. The minimum atomic E-state index is -0.588. The van der Waals surface area contributed by atoms with Gasteiger partial charge in [0.15, 0.2) is 0 Å². The zero-order valence-corrected chi connectivity index (χ0v) is 21.5. The fraction of sp³-hybridized carbons (Fsp3) is 0.321. The van der Waals surface area contributed by atoms with Crippen molar-refractivity contribution in [2.75, 3.05) is 14.2 Å². The van der Waals surface area contributed by atoms with E-state index in [1.165, 1.54) is 15.9 Å². The smallest absolute Gasteiger partial charge is 0.320 e. The molecule has 2 aromatic carbocycles. The van der Waals surface area contributed by atoms with Crippen molar-refractivity contribution in [2.45, 2.75) is 38.8 Å². The highest BCUT2D eigenvalue weighted by Crippen LogP contribution is 2.45. The standard InChI is InChI=1S/C28H29N5O5/c1-4-31-17-24(33(35)36)26(29-31)28(34)32-27(19-10-14-22(38-3)15-11-19)23-7-5-6-20(25(23)30-32)16-18-8-12-21(37-2)13-9-18/h8-17,23,27H,4-7H2,1-3H3. The van der Waals surface area contributed by atoms with Crippen LogP contribution in [0.5, 0.6) is 11.5 Å². The maximum atomic E-state index is 13.9. The SMILES string of the molecule is CCn1cc([N+](=O)[O-])c(C(=O)N2N=C3C(=Cc4ccc(OC)cc4)CCCC3C2c2ccc(OC)cc2)n1. The number of carbonyl (C=O) groups excluding carboxylic acids is 1. The van der Waals surface area contributed by atoms with Crippen LogP contribution < -0.4 is 9.47 Å². The molecular formula is C28H29N5O5. The Balaban J connectivity index is 1.59. The summed E-state index contributed by atoms with van der Waals surface area (Å²) in [5.41, 5.74) is 3.24. The number of benzene rings is 2. The number of fused-ring (bicyclic) bond motifs is 1. The van der Waals surface area contributed by atoms with Crippen LogP contribution in [0, 0.1) is 16.0 Å². The molecule has 2 unspecified atom stereocenters. The number of allylic oxidation sites excluding steroid dienone is 1. The highest BCUT2D eigenvalue weighted by atomic mass is 16.6. The van der Waals surface area contributed by atoms with Crippen molar-refractivity contribution in [1.29, 1.82) is 0 Å². The summed E-state index contributed by atoms with van der Waals surface area (Å²) in [6.07, 6.45) is 5.98. The van der Waals surface area contributed by atoms with Crippen LogP contribution in [-0.4, -0.2) is 45.6 Å². The van der Waals surface area contributed by atoms with Crippen LogP contribution in [0.2, 0.25) is 0 Å². The van der Waals surface area contributed by atoms with Gasteiger partial charge in [0.2, 0.25) is 5.69 Å². The second-order valence-electron chi connectivity index (χ2n) is 9.27. The number of ether oxygens (including phenoxy) is 2. The van der Waals surface area contributed by atoms with Gasteiger partial charge in [0, 0.05) is 12.5 Å². The summed E-state index contributed by atoms with van der Waals surface area (Å²) in [5.74, 6) is 0.830. The van der Waals surface area contributed by atoms with Crippen molar-refractivity contribution < 1.29 is 19.2 Å². The molecule has 196 valence electrons. The minimum absolute atomic E-state index is 0.0575. The van der Waals surface area contributed by atoms with Gasteiger partial charge < -0.3 is 9.47 Å². The zero-order chi connectivity index (χ0) is 26.8. The Morgan fingerprint density at radius 3 is 2.37 bits per heavy atom. The van der Waals surface area contributed by atoms with Crippen LogP contribution >= 0.6 is 0 Å². The van der Waals surface area contributed by atoms with E-state index in [0.29, 0.717) is 12.3 Å². The quantitative estimate of drug-likeness (QED) is 0.313. The van der Waals surface area contributed by atoms with Gasteiger partial charge in [0.05, 0.1) is 30.9 Å². The van der Waals surface area contributed by atoms with Gasteiger partial charge in [-0.15, -0.1) is 0 Å². The molecule has 5 rings (SSSR count). The lowest BCUT2D eigenvalue weighted by molar-refractivity contribution is -0.385. The fourth-order valence-corrected chi connectivity index (χ4v) is 5.17. The fourth-order valence-electron chi connectivity index (χ4n) is 5.17. The molecule has 38 heavy (non-hydrogen) atoms. The largest absolute Gasteiger partial charge is 0.497 e. The Morgan fingerprint density at radius 2 is 1.76 bits per heavy atom. The van der Waals surface area contributed by atoms with E-state index in [9.17, 15) is 14.9 Å². The van der Waals surface area contributed by atoms with Gasteiger partial charge >= 0.3 is 11.6 Å². The number of nitrogens with zero attached hydrogens (tertiary/aromatic N) is 5. The second kappa shape index (κ2) is 10.5. The molecule has 0 saturated heterocycles. The second-order valence-corrected chi connectivity index (χ2v) is 9.27. The van der Waals surface area contributed by atoms with Gasteiger partial charge in [-0.2, -0.15) is 10.2 Å². The first-order chi connectivity index (χ1) is 18.4. The maximum Gasteiger partial charge on any atom is 0.320 e. The van der Waals surface area contributed by atoms with Crippen LogP contribution in [0.1, 0.15) is 53.8 Å². The number of hydrogen-bond donors (Lipinski definition) is 0. The first-order valence-electron chi connectivity index (χ1n) is 12.6. The van der Waals surface area contributed by atoms with Gasteiger partial charge in [-0.05, 0) is 73.2 Å². The number of amides is 1. The number of hydrazone groups is 1. The summed E-state index contributed by atoms with van der Waals surface area (Å²) < 4.78 is 12.0. The van der Waals surface area contributed by atoms with Crippen molar-refractivity contribution in [3.8, 4) is 11.5 Å². The molecular weight excluding hydrogens is 486 g/mol. The summed E-state index contributed by atoms with van der Waals surface area (Å²) in [6.45, 7) is 2.22. The van der Waals surface area contributed by atoms with E-state index in [1.807, 2.05) is 55.5 Å². The van der Waals surface area contributed by atoms with Crippen LogP contribution in [0.3, 0.4) is 0 Å². The Labute approximate surface area is 220 Å². The molecule has 2 aliphatic rings. The Bertz CT molecular complexity index is 1410. The molecule has 0 N–H and O–H groups in total. The first kappa shape index (κ1) is 25.2. The third-order valence-corrected chi connectivity index (χ3v) is 7.09. The average Bonchev–Trinajstić information content (AvgIpc) is 3.56. The minimum Gasteiger partial charge on any atom is -0.497 e. The van der Waals surface area contributed by atoms with E-state index in [4.69, 9.17) is 14.6 Å². The van der Waals surface area contributed by atoms with E-state index >= 15 is 0 Å². The maximum absolute atomic E-state index is 13.9. The molecule has 1 aliphatic carbocycles. The molecule has 1 aliphatic heterocycles. The highest BCUT2D eigenvalue weighted by Gasteiger charge is 2.45.